The first-order chi connectivity index (χ1) is 9.88. The van der Waals surface area contributed by atoms with Crippen molar-refractivity contribution in [3.8, 4) is 0 Å². The van der Waals surface area contributed by atoms with Crippen molar-refractivity contribution < 1.29 is 0 Å². The number of rotatable bonds is 5. The Balaban J connectivity index is 1.79. The SMILES string of the molecule is CCC(CCc1ccccc1)c1c[nH]c2ccccc12. The fourth-order valence-corrected chi connectivity index (χ4v) is 3.00. The number of benzene rings is 2. The minimum Gasteiger partial charge on any atom is -0.361 e. The second-order valence-electron chi connectivity index (χ2n) is 5.42. The molecule has 3 aromatic rings. The molecule has 0 aliphatic rings. The quantitative estimate of drug-likeness (QED) is 0.643. The normalized spacial score (nSPS) is 12.7. The van der Waals surface area contributed by atoms with Gasteiger partial charge in [0.25, 0.3) is 0 Å². The Labute approximate surface area is 120 Å². The second-order valence-corrected chi connectivity index (χ2v) is 5.42. The van der Waals surface area contributed by atoms with E-state index in [-0.39, 0.29) is 0 Å². The molecule has 1 heteroatoms. The van der Waals surface area contributed by atoms with Crippen LogP contribution in [0.4, 0.5) is 0 Å². The number of para-hydroxylation sites is 1. The number of aromatic nitrogens is 1. The largest absolute Gasteiger partial charge is 0.361 e. The maximum atomic E-state index is 3.40. The van der Waals surface area contributed by atoms with Crippen LogP contribution in [0.1, 0.15) is 36.8 Å². The molecule has 0 amide bonds. The zero-order valence-corrected chi connectivity index (χ0v) is 12.0. The maximum absolute atomic E-state index is 3.40. The van der Waals surface area contributed by atoms with Gasteiger partial charge in [-0.05, 0) is 42.4 Å². The second kappa shape index (κ2) is 5.96. The molecule has 2 aromatic carbocycles. The van der Waals surface area contributed by atoms with E-state index in [1.54, 1.807) is 0 Å². The Hall–Kier alpha value is -2.02. The molecular formula is C19H21N. The lowest BCUT2D eigenvalue weighted by Gasteiger charge is -2.14. The van der Waals surface area contributed by atoms with Crippen LogP contribution in [0, 0.1) is 0 Å². The average Bonchev–Trinajstić information content (AvgIpc) is 2.93. The number of aryl methyl sites for hydroxylation is 1. The molecule has 0 aliphatic carbocycles. The molecule has 1 aromatic heterocycles. The van der Waals surface area contributed by atoms with E-state index in [2.05, 4.69) is 72.7 Å². The Morgan fingerprint density at radius 2 is 1.70 bits per heavy atom. The molecule has 3 rings (SSSR count). The third-order valence-electron chi connectivity index (χ3n) is 4.18. The van der Waals surface area contributed by atoms with E-state index in [4.69, 9.17) is 0 Å². The summed E-state index contributed by atoms with van der Waals surface area (Å²) in [5.74, 6) is 0.631. The third-order valence-corrected chi connectivity index (χ3v) is 4.18. The van der Waals surface area contributed by atoms with Crippen molar-refractivity contribution in [3.63, 3.8) is 0 Å². The Kier molecular flexibility index (Phi) is 3.87. The highest BCUT2D eigenvalue weighted by atomic mass is 14.7. The molecule has 1 heterocycles. The molecule has 1 atom stereocenters. The van der Waals surface area contributed by atoms with Gasteiger partial charge in [0.05, 0.1) is 0 Å². The topological polar surface area (TPSA) is 15.8 Å². The van der Waals surface area contributed by atoms with Crippen LogP contribution in [0.2, 0.25) is 0 Å². The molecule has 0 radical (unpaired) electrons. The third kappa shape index (κ3) is 2.62. The van der Waals surface area contributed by atoms with E-state index < -0.39 is 0 Å². The molecule has 0 fully saturated rings. The first-order valence-corrected chi connectivity index (χ1v) is 7.48. The lowest BCUT2D eigenvalue weighted by atomic mass is 9.90. The summed E-state index contributed by atoms with van der Waals surface area (Å²) in [6.45, 7) is 2.29. The van der Waals surface area contributed by atoms with Crippen LogP contribution in [0.25, 0.3) is 10.9 Å². The molecule has 1 N–H and O–H groups in total. The lowest BCUT2D eigenvalue weighted by molar-refractivity contribution is 0.610. The summed E-state index contributed by atoms with van der Waals surface area (Å²) in [6.07, 6.45) is 5.75. The Morgan fingerprint density at radius 3 is 2.50 bits per heavy atom. The standard InChI is InChI=1S/C19H21N/c1-2-16(13-12-15-8-4-3-5-9-15)18-14-20-19-11-7-6-10-17(18)19/h3-11,14,16,20H,2,12-13H2,1H3. The monoisotopic (exact) mass is 263 g/mol. The van der Waals surface area contributed by atoms with Gasteiger partial charge in [-0.1, -0.05) is 55.5 Å². The van der Waals surface area contributed by atoms with E-state index in [1.807, 2.05) is 0 Å². The van der Waals surface area contributed by atoms with Crippen molar-refractivity contribution in [1.82, 2.24) is 4.98 Å². The molecular weight excluding hydrogens is 242 g/mol. The van der Waals surface area contributed by atoms with Gasteiger partial charge in [-0.2, -0.15) is 0 Å². The number of fused-ring (bicyclic) bond motifs is 1. The van der Waals surface area contributed by atoms with Gasteiger partial charge >= 0.3 is 0 Å². The van der Waals surface area contributed by atoms with Crippen molar-refractivity contribution in [2.45, 2.75) is 32.1 Å². The van der Waals surface area contributed by atoms with Gasteiger partial charge < -0.3 is 4.98 Å². The molecule has 0 aliphatic heterocycles. The van der Waals surface area contributed by atoms with Gasteiger partial charge in [0.2, 0.25) is 0 Å². The smallest absolute Gasteiger partial charge is 0.0456 e. The van der Waals surface area contributed by atoms with Gasteiger partial charge in [-0.15, -0.1) is 0 Å². The van der Waals surface area contributed by atoms with Gasteiger partial charge in [-0.3, -0.25) is 0 Å². The van der Waals surface area contributed by atoms with E-state index >= 15 is 0 Å². The summed E-state index contributed by atoms with van der Waals surface area (Å²) in [5, 5.41) is 1.38. The molecule has 0 saturated carbocycles. The van der Waals surface area contributed by atoms with Crippen LogP contribution in [-0.4, -0.2) is 4.98 Å². The van der Waals surface area contributed by atoms with Gasteiger partial charge in [0.1, 0.15) is 0 Å². The first kappa shape index (κ1) is 13.0. The number of nitrogens with one attached hydrogen (secondary N) is 1. The van der Waals surface area contributed by atoms with E-state index in [0.29, 0.717) is 5.92 Å². The van der Waals surface area contributed by atoms with Crippen LogP contribution >= 0.6 is 0 Å². The predicted molar refractivity (Wildman–Crippen MR) is 86.1 cm³/mol. The summed E-state index contributed by atoms with van der Waals surface area (Å²) in [6, 6.07) is 19.4. The van der Waals surface area contributed by atoms with Crippen LogP contribution < -0.4 is 0 Å². The van der Waals surface area contributed by atoms with Crippen molar-refractivity contribution in [2.24, 2.45) is 0 Å². The van der Waals surface area contributed by atoms with Gasteiger partial charge in [0, 0.05) is 17.1 Å². The first-order valence-electron chi connectivity index (χ1n) is 7.48. The van der Waals surface area contributed by atoms with Crippen LogP contribution in [0.5, 0.6) is 0 Å². The highest BCUT2D eigenvalue weighted by Gasteiger charge is 2.13. The fraction of sp³-hybridized carbons (Fsp3) is 0.263. The lowest BCUT2D eigenvalue weighted by Crippen LogP contribution is -1.99. The van der Waals surface area contributed by atoms with E-state index in [9.17, 15) is 0 Å². The van der Waals surface area contributed by atoms with E-state index in [1.165, 1.54) is 34.9 Å². The molecule has 0 bridgehead atoms. The molecule has 1 unspecified atom stereocenters. The van der Waals surface area contributed by atoms with Crippen molar-refractivity contribution in [3.05, 3.63) is 71.9 Å². The molecule has 0 saturated heterocycles. The fourth-order valence-electron chi connectivity index (χ4n) is 3.00. The molecule has 1 nitrogen and oxygen atoms in total. The van der Waals surface area contributed by atoms with Crippen LogP contribution in [0.15, 0.2) is 60.8 Å². The molecule has 20 heavy (non-hydrogen) atoms. The van der Waals surface area contributed by atoms with Gasteiger partial charge in [0.15, 0.2) is 0 Å². The highest BCUT2D eigenvalue weighted by Crippen LogP contribution is 2.31. The molecule has 102 valence electrons. The van der Waals surface area contributed by atoms with Crippen molar-refractivity contribution in [1.29, 1.82) is 0 Å². The zero-order valence-electron chi connectivity index (χ0n) is 12.0. The number of hydrogen-bond acceptors (Lipinski definition) is 0. The predicted octanol–water partition coefficient (Wildman–Crippen LogP) is 5.29. The maximum Gasteiger partial charge on any atom is 0.0456 e. The summed E-state index contributed by atoms with van der Waals surface area (Å²) >= 11 is 0. The summed E-state index contributed by atoms with van der Waals surface area (Å²) in [5.41, 5.74) is 4.16. The minimum atomic E-state index is 0.631. The average molecular weight is 263 g/mol. The minimum absolute atomic E-state index is 0.631. The van der Waals surface area contributed by atoms with E-state index in [0.717, 1.165) is 6.42 Å². The number of aromatic amines is 1. The van der Waals surface area contributed by atoms with Crippen molar-refractivity contribution >= 4 is 10.9 Å². The highest BCUT2D eigenvalue weighted by molar-refractivity contribution is 5.83. The van der Waals surface area contributed by atoms with Gasteiger partial charge in [-0.25, -0.2) is 0 Å². The van der Waals surface area contributed by atoms with Crippen LogP contribution in [-0.2, 0) is 6.42 Å². The summed E-state index contributed by atoms with van der Waals surface area (Å²) < 4.78 is 0. The summed E-state index contributed by atoms with van der Waals surface area (Å²) in [4.78, 5) is 3.40. The number of H-pyrrole nitrogens is 1. The molecule has 0 spiro atoms. The van der Waals surface area contributed by atoms with Crippen LogP contribution in [0.3, 0.4) is 0 Å². The summed E-state index contributed by atoms with van der Waals surface area (Å²) in [7, 11) is 0. The van der Waals surface area contributed by atoms with Crippen molar-refractivity contribution in [2.75, 3.05) is 0 Å². The Morgan fingerprint density at radius 1 is 0.950 bits per heavy atom. The Bertz CT molecular complexity index is 666. The number of hydrogen-bond donors (Lipinski definition) is 1. The zero-order chi connectivity index (χ0) is 13.8.